The SMILES string of the molecule is O=C1C[C@@H](c2ccccc2)C2(CCN(C(=O)c3ccccn3)CC2)N1. The second-order valence-corrected chi connectivity index (χ2v) is 6.88. The molecule has 1 N–H and O–H groups in total. The quantitative estimate of drug-likeness (QED) is 0.916. The van der Waals surface area contributed by atoms with Gasteiger partial charge in [0.05, 0.1) is 5.54 Å². The molecule has 1 spiro atoms. The van der Waals surface area contributed by atoms with Crippen molar-refractivity contribution in [3.63, 3.8) is 0 Å². The highest BCUT2D eigenvalue weighted by atomic mass is 16.2. The van der Waals surface area contributed by atoms with Crippen molar-refractivity contribution >= 4 is 11.8 Å². The van der Waals surface area contributed by atoms with Crippen LogP contribution in [0.1, 0.15) is 41.2 Å². The average Bonchev–Trinajstić information content (AvgIpc) is 2.99. The molecule has 0 aliphatic carbocycles. The van der Waals surface area contributed by atoms with Crippen LogP contribution >= 0.6 is 0 Å². The van der Waals surface area contributed by atoms with Gasteiger partial charge in [-0.2, -0.15) is 0 Å². The van der Waals surface area contributed by atoms with Crippen LogP contribution in [0.3, 0.4) is 0 Å². The summed E-state index contributed by atoms with van der Waals surface area (Å²) in [5.74, 6) is 0.252. The predicted octanol–water partition coefficient (Wildman–Crippen LogP) is 2.36. The first-order valence-corrected chi connectivity index (χ1v) is 8.74. The maximum atomic E-state index is 12.6. The van der Waals surface area contributed by atoms with E-state index in [4.69, 9.17) is 0 Å². The van der Waals surface area contributed by atoms with Gasteiger partial charge in [0.1, 0.15) is 5.69 Å². The molecule has 0 bridgehead atoms. The van der Waals surface area contributed by atoms with E-state index in [1.54, 1.807) is 18.3 Å². The van der Waals surface area contributed by atoms with Gasteiger partial charge in [-0.3, -0.25) is 14.6 Å². The van der Waals surface area contributed by atoms with E-state index in [2.05, 4.69) is 22.4 Å². The number of amides is 2. The van der Waals surface area contributed by atoms with Crippen LogP contribution in [-0.4, -0.2) is 40.3 Å². The summed E-state index contributed by atoms with van der Waals surface area (Å²) < 4.78 is 0. The molecular formula is C20H21N3O2. The van der Waals surface area contributed by atoms with Gasteiger partial charge in [-0.25, -0.2) is 0 Å². The fourth-order valence-corrected chi connectivity index (χ4v) is 4.15. The van der Waals surface area contributed by atoms with E-state index in [1.807, 2.05) is 29.2 Å². The standard InChI is InChI=1S/C20H21N3O2/c24-18-14-16(15-6-2-1-3-7-15)20(22-18)9-12-23(13-10-20)19(25)17-8-4-5-11-21-17/h1-8,11,16H,9-10,12-14H2,(H,22,24)/t16-/m0/s1. The highest BCUT2D eigenvalue weighted by Gasteiger charge is 2.49. The van der Waals surface area contributed by atoms with Crippen LogP contribution < -0.4 is 5.32 Å². The average molecular weight is 335 g/mol. The lowest BCUT2D eigenvalue weighted by atomic mass is 9.74. The fourth-order valence-electron chi connectivity index (χ4n) is 4.15. The molecule has 5 heteroatoms. The smallest absolute Gasteiger partial charge is 0.272 e. The Hall–Kier alpha value is -2.69. The maximum Gasteiger partial charge on any atom is 0.272 e. The summed E-state index contributed by atoms with van der Waals surface area (Å²) in [5, 5.41) is 3.22. The molecule has 2 aliphatic rings. The van der Waals surface area contributed by atoms with Gasteiger partial charge in [0.25, 0.3) is 5.91 Å². The molecular weight excluding hydrogens is 314 g/mol. The Morgan fingerprint density at radius 3 is 2.48 bits per heavy atom. The molecule has 25 heavy (non-hydrogen) atoms. The third kappa shape index (κ3) is 2.90. The van der Waals surface area contributed by atoms with Gasteiger partial charge in [-0.1, -0.05) is 36.4 Å². The molecule has 2 amide bonds. The Kier molecular flexibility index (Phi) is 3.99. The Morgan fingerprint density at radius 1 is 1.08 bits per heavy atom. The first-order chi connectivity index (χ1) is 12.2. The van der Waals surface area contributed by atoms with Gasteiger partial charge in [-0.05, 0) is 30.5 Å². The van der Waals surface area contributed by atoms with Crippen LogP contribution in [0.5, 0.6) is 0 Å². The number of hydrogen-bond donors (Lipinski definition) is 1. The van der Waals surface area contributed by atoms with Crippen molar-refractivity contribution in [2.75, 3.05) is 13.1 Å². The van der Waals surface area contributed by atoms with Crippen molar-refractivity contribution in [1.29, 1.82) is 0 Å². The lowest BCUT2D eigenvalue weighted by molar-refractivity contribution is -0.120. The first kappa shape index (κ1) is 15.8. The largest absolute Gasteiger partial charge is 0.350 e. The van der Waals surface area contributed by atoms with Crippen LogP contribution in [0.25, 0.3) is 0 Å². The molecule has 4 rings (SSSR count). The molecule has 1 aromatic carbocycles. The van der Waals surface area contributed by atoms with Gasteiger partial charge >= 0.3 is 0 Å². The number of aromatic nitrogens is 1. The zero-order valence-electron chi connectivity index (χ0n) is 14.0. The molecule has 2 aliphatic heterocycles. The minimum atomic E-state index is -0.237. The lowest BCUT2D eigenvalue weighted by Gasteiger charge is -2.42. The number of pyridine rings is 1. The van der Waals surface area contributed by atoms with Crippen molar-refractivity contribution in [1.82, 2.24) is 15.2 Å². The molecule has 0 radical (unpaired) electrons. The number of likely N-dealkylation sites (tertiary alicyclic amines) is 1. The number of nitrogens with one attached hydrogen (secondary N) is 1. The van der Waals surface area contributed by atoms with Crippen LogP contribution in [0, 0.1) is 0 Å². The van der Waals surface area contributed by atoms with Crippen molar-refractivity contribution in [2.45, 2.75) is 30.7 Å². The summed E-state index contributed by atoms with van der Waals surface area (Å²) in [6, 6.07) is 15.6. The summed E-state index contributed by atoms with van der Waals surface area (Å²) in [6.45, 7) is 1.28. The molecule has 1 atom stereocenters. The second kappa shape index (κ2) is 6.31. The molecule has 0 unspecified atom stereocenters. The highest BCUT2D eigenvalue weighted by molar-refractivity contribution is 5.92. The van der Waals surface area contributed by atoms with Gasteiger partial charge < -0.3 is 10.2 Å². The van der Waals surface area contributed by atoms with Gasteiger partial charge in [0.15, 0.2) is 0 Å². The van der Waals surface area contributed by atoms with Crippen molar-refractivity contribution in [3.8, 4) is 0 Å². The monoisotopic (exact) mass is 335 g/mol. The van der Waals surface area contributed by atoms with E-state index in [0.717, 1.165) is 12.8 Å². The Morgan fingerprint density at radius 2 is 1.80 bits per heavy atom. The van der Waals surface area contributed by atoms with Gasteiger partial charge in [-0.15, -0.1) is 0 Å². The van der Waals surface area contributed by atoms with E-state index in [1.165, 1.54) is 5.56 Å². The fraction of sp³-hybridized carbons (Fsp3) is 0.350. The summed E-state index contributed by atoms with van der Waals surface area (Å²) in [5.41, 5.74) is 1.44. The van der Waals surface area contributed by atoms with Crippen molar-refractivity contribution in [3.05, 3.63) is 66.0 Å². The molecule has 2 fully saturated rings. The van der Waals surface area contributed by atoms with E-state index < -0.39 is 0 Å². The van der Waals surface area contributed by atoms with E-state index in [9.17, 15) is 9.59 Å². The molecule has 2 saturated heterocycles. The number of carbonyl (C=O) groups is 2. The van der Waals surface area contributed by atoms with E-state index in [-0.39, 0.29) is 23.3 Å². The van der Waals surface area contributed by atoms with Gasteiger partial charge in [0, 0.05) is 31.6 Å². The van der Waals surface area contributed by atoms with E-state index in [0.29, 0.717) is 25.2 Å². The van der Waals surface area contributed by atoms with Crippen LogP contribution in [0.15, 0.2) is 54.7 Å². The van der Waals surface area contributed by atoms with Crippen molar-refractivity contribution in [2.24, 2.45) is 0 Å². The first-order valence-electron chi connectivity index (χ1n) is 8.74. The number of carbonyl (C=O) groups excluding carboxylic acids is 2. The van der Waals surface area contributed by atoms with E-state index >= 15 is 0 Å². The van der Waals surface area contributed by atoms with Crippen molar-refractivity contribution < 1.29 is 9.59 Å². The minimum Gasteiger partial charge on any atom is -0.350 e. The Bertz CT molecular complexity index is 768. The molecule has 128 valence electrons. The summed E-state index contributed by atoms with van der Waals surface area (Å²) >= 11 is 0. The topological polar surface area (TPSA) is 62.3 Å². The number of hydrogen-bond acceptors (Lipinski definition) is 3. The van der Waals surface area contributed by atoms with Gasteiger partial charge in [0.2, 0.25) is 5.91 Å². The van der Waals surface area contributed by atoms with Crippen LogP contribution in [-0.2, 0) is 4.79 Å². The Labute approximate surface area is 147 Å². The molecule has 0 saturated carbocycles. The normalized spacial score (nSPS) is 22.0. The lowest BCUT2D eigenvalue weighted by Crippen LogP contribution is -2.54. The molecule has 2 aromatic rings. The zero-order chi connectivity index (χ0) is 17.3. The number of rotatable bonds is 2. The third-order valence-corrected chi connectivity index (χ3v) is 5.47. The highest BCUT2D eigenvalue weighted by Crippen LogP contribution is 2.43. The third-order valence-electron chi connectivity index (χ3n) is 5.47. The zero-order valence-corrected chi connectivity index (χ0v) is 14.0. The number of nitrogens with zero attached hydrogens (tertiary/aromatic N) is 2. The summed E-state index contributed by atoms with van der Waals surface area (Å²) in [4.78, 5) is 30.7. The number of benzene rings is 1. The maximum absolute atomic E-state index is 12.6. The predicted molar refractivity (Wildman–Crippen MR) is 94.0 cm³/mol. The number of piperidine rings is 1. The minimum absolute atomic E-state index is 0.0314. The molecule has 3 heterocycles. The molecule has 1 aromatic heterocycles. The summed E-state index contributed by atoms with van der Waals surface area (Å²) in [7, 11) is 0. The van der Waals surface area contributed by atoms with Crippen LogP contribution in [0.4, 0.5) is 0 Å². The molecule has 5 nitrogen and oxygen atoms in total. The van der Waals surface area contributed by atoms with Crippen LogP contribution in [0.2, 0.25) is 0 Å². The summed E-state index contributed by atoms with van der Waals surface area (Å²) in [6.07, 6.45) is 3.72. The second-order valence-electron chi connectivity index (χ2n) is 6.88. The Balaban J connectivity index is 1.51.